The predicted molar refractivity (Wildman–Crippen MR) is 72.4 cm³/mol. The number of hydrogen-bond acceptors (Lipinski definition) is 4. The third-order valence-corrected chi connectivity index (χ3v) is 3.31. The molecule has 0 bridgehead atoms. The van der Waals surface area contributed by atoms with Gasteiger partial charge in [0, 0.05) is 25.0 Å². The number of aromatic nitrogens is 2. The van der Waals surface area contributed by atoms with Crippen LogP contribution in [0.5, 0.6) is 11.5 Å². The molecule has 0 aliphatic carbocycles. The van der Waals surface area contributed by atoms with Gasteiger partial charge in [0.1, 0.15) is 12.4 Å². The Hall–Kier alpha value is -2.24. The van der Waals surface area contributed by atoms with E-state index >= 15 is 0 Å². The zero-order valence-electron chi connectivity index (χ0n) is 11.3. The molecular formula is C14H16N2O4. The van der Waals surface area contributed by atoms with Crippen molar-refractivity contribution in [2.45, 2.75) is 26.3 Å². The van der Waals surface area contributed by atoms with E-state index in [1.165, 1.54) is 0 Å². The highest BCUT2D eigenvalue weighted by Gasteiger charge is 2.17. The van der Waals surface area contributed by atoms with Crippen molar-refractivity contribution in [1.29, 1.82) is 0 Å². The molecule has 0 saturated heterocycles. The monoisotopic (exact) mass is 276 g/mol. The third-order valence-electron chi connectivity index (χ3n) is 3.31. The minimum absolute atomic E-state index is 0.0979. The summed E-state index contributed by atoms with van der Waals surface area (Å²) in [4.78, 5) is 15.5. The number of ether oxygens (including phenoxy) is 2. The molecule has 2 heterocycles. The Labute approximate surface area is 115 Å². The number of rotatable bonds is 3. The maximum atomic E-state index is 11.0. The summed E-state index contributed by atoms with van der Waals surface area (Å²) in [7, 11) is 0. The van der Waals surface area contributed by atoms with Crippen LogP contribution in [-0.2, 0) is 17.8 Å². The van der Waals surface area contributed by atoms with Crippen LogP contribution < -0.4 is 9.47 Å². The lowest BCUT2D eigenvalue weighted by Crippen LogP contribution is -2.11. The van der Waals surface area contributed by atoms with Crippen LogP contribution in [0.1, 0.15) is 19.2 Å². The molecule has 1 aromatic heterocycles. The summed E-state index contributed by atoms with van der Waals surface area (Å²) in [5.41, 5.74) is 1.51. The van der Waals surface area contributed by atoms with E-state index in [-0.39, 0.29) is 6.54 Å². The second kappa shape index (κ2) is 5.03. The van der Waals surface area contributed by atoms with E-state index in [0.29, 0.717) is 31.1 Å². The van der Waals surface area contributed by atoms with Crippen molar-refractivity contribution in [1.82, 2.24) is 9.55 Å². The van der Waals surface area contributed by atoms with Gasteiger partial charge < -0.3 is 19.1 Å². The Morgan fingerprint density at radius 1 is 1.35 bits per heavy atom. The molecule has 6 heteroatoms. The van der Waals surface area contributed by atoms with Crippen LogP contribution in [0.3, 0.4) is 0 Å². The molecular weight excluding hydrogens is 260 g/mol. The SMILES string of the molecule is CCc1nc2cc3c(cc2n1CC(=O)O)OCCCO3. The predicted octanol–water partition coefficient (Wildman–Crippen LogP) is 1.84. The largest absolute Gasteiger partial charge is 0.489 e. The molecule has 6 nitrogen and oxygen atoms in total. The lowest BCUT2D eigenvalue weighted by atomic mass is 10.2. The van der Waals surface area contributed by atoms with Gasteiger partial charge in [-0.15, -0.1) is 0 Å². The van der Waals surface area contributed by atoms with Crippen LogP contribution in [0.25, 0.3) is 11.0 Å². The molecule has 2 aromatic rings. The maximum Gasteiger partial charge on any atom is 0.323 e. The van der Waals surface area contributed by atoms with Gasteiger partial charge in [0.2, 0.25) is 0 Å². The summed E-state index contributed by atoms with van der Waals surface area (Å²) < 4.78 is 13.0. The number of imidazole rings is 1. The van der Waals surface area contributed by atoms with Crippen LogP contribution in [0.2, 0.25) is 0 Å². The van der Waals surface area contributed by atoms with Gasteiger partial charge in [-0.3, -0.25) is 4.79 Å². The molecule has 106 valence electrons. The van der Waals surface area contributed by atoms with E-state index in [1.807, 2.05) is 19.1 Å². The summed E-state index contributed by atoms with van der Waals surface area (Å²) in [6.45, 7) is 3.08. The smallest absolute Gasteiger partial charge is 0.323 e. The second-order valence-corrected chi connectivity index (χ2v) is 4.70. The first kappa shape index (κ1) is 12.8. The van der Waals surface area contributed by atoms with Gasteiger partial charge in [0.15, 0.2) is 11.5 Å². The lowest BCUT2D eigenvalue weighted by molar-refractivity contribution is -0.137. The molecule has 20 heavy (non-hydrogen) atoms. The van der Waals surface area contributed by atoms with E-state index in [1.54, 1.807) is 4.57 Å². The maximum absolute atomic E-state index is 11.0. The number of carboxylic acids is 1. The summed E-state index contributed by atoms with van der Waals surface area (Å²) >= 11 is 0. The van der Waals surface area contributed by atoms with Gasteiger partial charge >= 0.3 is 5.97 Å². The summed E-state index contributed by atoms with van der Waals surface area (Å²) in [6, 6.07) is 3.65. The average Bonchev–Trinajstić information content (AvgIpc) is 2.60. The number of fused-ring (bicyclic) bond motifs is 2. The van der Waals surface area contributed by atoms with Gasteiger partial charge in [0.25, 0.3) is 0 Å². The number of carboxylic acid groups (broad SMARTS) is 1. The molecule has 0 atom stereocenters. The molecule has 3 rings (SSSR count). The molecule has 0 radical (unpaired) electrons. The molecule has 0 saturated carbocycles. The minimum Gasteiger partial charge on any atom is -0.489 e. The van der Waals surface area contributed by atoms with Crippen LogP contribution >= 0.6 is 0 Å². The van der Waals surface area contributed by atoms with Crippen molar-refractivity contribution in [3.05, 3.63) is 18.0 Å². The molecule has 1 aliphatic rings. The van der Waals surface area contributed by atoms with Crippen molar-refractivity contribution in [3.8, 4) is 11.5 Å². The van der Waals surface area contributed by atoms with Crippen molar-refractivity contribution in [2.75, 3.05) is 13.2 Å². The Balaban J connectivity index is 2.16. The Kier molecular flexibility index (Phi) is 3.22. The van der Waals surface area contributed by atoms with Gasteiger partial charge in [-0.05, 0) is 0 Å². The van der Waals surface area contributed by atoms with Crippen LogP contribution in [0, 0.1) is 0 Å². The Bertz CT molecular complexity index is 663. The Morgan fingerprint density at radius 2 is 2.05 bits per heavy atom. The first-order chi connectivity index (χ1) is 9.69. The first-order valence-electron chi connectivity index (χ1n) is 6.69. The summed E-state index contributed by atoms with van der Waals surface area (Å²) in [5.74, 6) is 1.20. The van der Waals surface area contributed by atoms with Crippen molar-refractivity contribution >= 4 is 17.0 Å². The molecule has 1 aliphatic heterocycles. The van der Waals surface area contributed by atoms with Gasteiger partial charge in [-0.2, -0.15) is 0 Å². The van der Waals surface area contributed by atoms with E-state index < -0.39 is 5.97 Å². The summed E-state index contributed by atoms with van der Waals surface area (Å²) in [5, 5.41) is 9.04. The number of carbonyl (C=O) groups is 1. The zero-order valence-corrected chi connectivity index (χ0v) is 11.3. The fraction of sp³-hybridized carbons (Fsp3) is 0.429. The fourth-order valence-electron chi connectivity index (χ4n) is 2.41. The number of benzene rings is 1. The van der Waals surface area contributed by atoms with Crippen LogP contribution in [-0.4, -0.2) is 33.8 Å². The number of hydrogen-bond donors (Lipinski definition) is 1. The van der Waals surface area contributed by atoms with Crippen molar-refractivity contribution < 1.29 is 19.4 Å². The highest BCUT2D eigenvalue weighted by atomic mass is 16.5. The van der Waals surface area contributed by atoms with Crippen molar-refractivity contribution in [3.63, 3.8) is 0 Å². The highest BCUT2D eigenvalue weighted by molar-refractivity contribution is 5.82. The molecule has 0 unspecified atom stereocenters. The fourth-order valence-corrected chi connectivity index (χ4v) is 2.41. The van der Waals surface area contributed by atoms with E-state index in [4.69, 9.17) is 14.6 Å². The van der Waals surface area contributed by atoms with Gasteiger partial charge in [-0.1, -0.05) is 6.92 Å². The lowest BCUT2D eigenvalue weighted by Gasteiger charge is -2.08. The van der Waals surface area contributed by atoms with Gasteiger partial charge in [0.05, 0.1) is 24.2 Å². The standard InChI is InChI=1S/C14H16N2O4/c1-2-13-15-9-6-11-12(20-5-3-4-19-11)7-10(9)16(13)8-14(17)18/h6-7H,2-5,8H2,1H3,(H,17,18). The highest BCUT2D eigenvalue weighted by Crippen LogP contribution is 2.34. The van der Waals surface area contributed by atoms with E-state index in [9.17, 15) is 4.79 Å². The number of aliphatic carboxylic acids is 1. The number of nitrogens with zero attached hydrogens (tertiary/aromatic N) is 2. The minimum atomic E-state index is -0.883. The second-order valence-electron chi connectivity index (χ2n) is 4.70. The normalized spacial score (nSPS) is 14.2. The Morgan fingerprint density at radius 3 is 2.70 bits per heavy atom. The first-order valence-corrected chi connectivity index (χ1v) is 6.69. The zero-order chi connectivity index (χ0) is 14.1. The third kappa shape index (κ3) is 2.17. The summed E-state index contributed by atoms with van der Waals surface area (Å²) in [6.07, 6.45) is 1.51. The topological polar surface area (TPSA) is 73.6 Å². The molecule has 1 aromatic carbocycles. The van der Waals surface area contributed by atoms with Gasteiger partial charge in [-0.25, -0.2) is 4.98 Å². The number of aryl methyl sites for hydroxylation is 1. The van der Waals surface area contributed by atoms with Crippen LogP contribution in [0.15, 0.2) is 12.1 Å². The van der Waals surface area contributed by atoms with E-state index in [0.717, 1.165) is 23.3 Å². The van der Waals surface area contributed by atoms with E-state index in [2.05, 4.69) is 4.98 Å². The molecule has 0 amide bonds. The molecule has 1 N–H and O–H groups in total. The molecule has 0 fully saturated rings. The average molecular weight is 276 g/mol. The quantitative estimate of drug-likeness (QED) is 0.926. The van der Waals surface area contributed by atoms with Crippen molar-refractivity contribution in [2.24, 2.45) is 0 Å². The van der Waals surface area contributed by atoms with Crippen LogP contribution in [0.4, 0.5) is 0 Å². The molecule has 0 spiro atoms.